The van der Waals surface area contributed by atoms with E-state index < -0.39 is 23.7 Å². The third-order valence-corrected chi connectivity index (χ3v) is 4.75. The Morgan fingerprint density at radius 1 is 1.00 bits per heavy atom. The van der Waals surface area contributed by atoms with Crippen LogP contribution < -0.4 is 4.74 Å². The molecule has 2 aromatic rings. The van der Waals surface area contributed by atoms with Crippen molar-refractivity contribution in [3.05, 3.63) is 48.7 Å². The highest BCUT2D eigenvalue weighted by atomic mass is 32.2. The van der Waals surface area contributed by atoms with Gasteiger partial charge in [0.05, 0.1) is 6.10 Å². The SMILES string of the molecule is O[C@@H]1[C@@H](O)[C@@H](Oc2cccnc2-c2ccccc2)SC[C@H]1O. The van der Waals surface area contributed by atoms with Gasteiger partial charge in [-0.05, 0) is 12.1 Å². The third-order valence-electron chi connectivity index (χ3n) is 3.52. The topological polar surface area (TPSA) is 82.8 Å². The Balaban J connectivity index is 1.84. The van der Waals surface area contributed by atoms with Crippen molar-refractivity contribution in [1.29, 1.82) is 0 Å². The van der Waals surface area contributed by atoms with E-state index in [4.69, 9.17) is 4.74 Å². The van der Waals surface area contributed by atoms with Crippen LogP contribution in [0.2, 0.25) is 0 Å². The Labute approximate surface area is 132 Å². The second-order valence-electron chi connectivity index (χ2n) is 5.08. The summed E-state index contributed by atoms with van der Waals surface area (Å²) in [5.41, 5.74) is 0.940. The van der Waals surface area contributed by atoms with Crippen molar-refractivity contribution in [3.63, 3.8) is 0 Å². The molecule has 0 saturated carbocycles. The van der Waals surface area contributed by atoms with Crippen LogP contribution in [0.4, 0.5) is 0 Å². The lowest BCUT2D eigenvalue weighted by Crippen LogP contribution is -2.50. The van der Waals surface area contributed by atoms with E-state index in [-0.39, 0.29) is 0 Å². The highest BCUT2D eigenvalue weighted by molar-refractivity contribution is 7.99. The van der Waals surface area contributed by atoms with Crippen molar-refractivity contribution in [1.82, 2.24) is 4.98 Å². The summed E-state index contributed by atoms with van der Waals surface area (Å²) in [5, 5.41) is 29.4. The number of pyridine rings is 1. The summed E-state index contributed by atoms with van der Waals surface area (Å²) < 4.78 is 5.85. The predicted octanol–water partition coefficient (Wildman–Crippen LogP) is 1.28. The smallest absolute Gasteiger partial charge is 0.173 e. The van der Waals surface area contributed by atoms with Crippen molar-refractivity contribution < 1.29 is 20.1 Å². The first kappa shape index (κ1) is 15.3. The standard InChI is InChI=1S/C16H17NO4S/c18-11-9-22-16(15(20)14(11)19)21-12-7-4-8-17-13(12)10-5-2-1-3-6-10/h1-8,11,14-16,18-20H,9H2/t11-,14+,15-,16+/m1/s1. The minimum atomic E-state index is -1.21. The van der Waals surface area contributed by atoms with Crippen LogP contribution in [-0.2, 0) is 0 Å². The summed E-state index contributed by atoms with van der Waals surface area (Å²) >= 11 is 1.27. The van der Waals surface area contributed by atoms with Gasteiger partial charge >= 0.3 is 0 Å². The molecule has 3 N–H and O–H groups in total. The van der Waals surface area contributed by atoms with Crippen LogP contribution in [0.15, 0.2) is 48.7 Å². The highest BCUT2D eigenvalue weighted by Crippen LogP contribution is 2.33. The Bertz CT molecular complexity index is 625. The van der Waals surface area contributed by atoms with Crippen LogP contribution >= 0.6 is 11.8 Å². The predicted molar refractivity (Wildman–Crippen MR) is 84.6 cm³/mol. The zero-order valence-corrected chi connectivity index (χ0v) is 12.6. The molecule has 1 aliphatic rings. The molecule has 1 aromatic carbocycles. The normalized spacial score (nSPS) is 28.3. The molecular weight excluding hydrogens is 302 g/mol. The van der Waals surface area contributed by atoms with Crippen LogP contribution in [0.25, 0.3) is 11.3 Å². The molecule has 116 valence electrons. The lowest BCUT2D eigenvalue weighted by Gasteiger charge is -2.34. The maximum atomic E-state index is 10.1. The molecule has 22 heavy (non-hydrogen) atoms. The van der Waals surface area contributed by atoms with Gasteiger partial charge in [0.1, 0.15) is 23.7 Å². The Morgan fingerprint density at radius 3 is 2.55 bits per heavy atom. The van der Waals surface area contributed by atoms with Gasteiger partial charge in [0.25, 0.3) is 0 Å². The lowest BCUT2D eigenvalue weighted by atomic mass is 10.1. The maximum Gasteiger partial charge on any atom is 0.173 e. The van der Waals surface area contributed by atoms with E-state index >= 15 is 0 Å². The molecule has 1 saturated heterocycles. The van der Waals surface area contributed by atoms with E-state index in [1.54, 1.807) is 18.3 Å². The zero-order chi connectivity index (χ0) is 15.5. The van der Waals surface area contributed by atoms with Crippen LogP contribution in [0, 0.1) is 0 Å². The van der Waals surface area contributed by atoms with Gasteiger partial charge in [-0.25, -0.2) is 0 Å². The third kappa shape index (κ3) is 3.10. The van der Waals surface area contributed by atoms with Gasteiger partial charge in [-0.1, -0.05) is 30.3 Å². The van der Waals surface area contributed by atoms with E-state index in [0.717, 1.165) is 5.56 Å². The van der Waals surface area contributed by atoms with Crippen LogP contribution in [-0.4, -0.2) is 49.8 Å². The average Bonchev–Trinajstić information content (AvgIpc) is 2.57. The van der Waals surface area contributed by atoms with Crippen molar-refractivity contribution in [2.75, 3.05) is 5.75 Å². The van der Waals surface area contributed by atoms with E-state index in [0.29, 0.717) is 17.2 Å². The summed E-state index contributed by atoms with van der Waals surface area (Å²) in [6, 6.07) is 13.1. The molecule has 0 aliphatic carbocycles. The average molecular weight is 319 g/mol. The van der Waals surface area contributed by atoms with Crippen LogP contribution in [0.5, 0.6) is 5.75 Å². The van der Waals surface area contributed by atoms with Crippen molar-refractivity contribution in [3.8, 4) is 17.0 Å². The summed E-state index contributed by atoms with van der Waals surface area (Å²) in [7, 11) is 0. The zero-order valence-electron chi connectivity index (χ0n) is 11.7. The van der Waals surface area contributed by atoms with Crippen molar-refractivity contribution in [2.24, 2.45) is 0 Å². The number of aliphatic hydroxyl groups excluding tert-OH is 3. The number of benzene rings is 1. The number of thioether (sulfide) groups is 1. The number of hydrogen-bond acceptors (Lipinski definition) is 6. The molecule has 0 radical (unpaired) electrons. The number of aliphatic hydroxyl groups is 3. The fourth-order valence-corrected chi connectivity index (χ4v) is 3.42. The molecule has 2 heterocycles. The van der Waals surface area contributed by atoms with Gasteiger partial charge in [0.2, 0.25) is 0 Å². The molecule has 5 nitrogen and oxygen atoms in total. The molecule has 0 unspecified atom stereocenters. The maximum absolute atomic E-state index is 10.1. The van der Waals surface area contributed by atoms with E-state index in [9.17, 15) is 15.3 Å². The van der Waals surface area contributed by atoms with Gasteiger partial charge < -0.3 is 20.1 Å². The molecule has 6 heteroatoms. The second-order valence-corrected chi connectivity index (χ2v) is 6.22. The second kappa shape index (κ2) is 6.66. The minimum absolute atomic E-state index is 0.309. The van der Waals surface area contributed by atoms with Gasteiger partial charge in [0.15, 0.2) is 5.44 Å². The van der Waals surface area contributed by atoms with Crippen molar-refractivity contribution in [2.45, 2.75) is 23.7 Å². The lowest BCUT2D eigenvalue weighted by molar-refractivity contribution is -0.0785. The molecule has 1 aliphatic heterocycles. The van der Waals surface area contributed by atoms with Crippen LogP contribution in [0.1, 0.15) is 0 Å². The minimum Gasteiger partial charge on any atom is -0.475 e. The largest absolute Gasteiger partial charge is 0.475 e. The van der Waals surface area contributed by atoms with E-state index in [1.807, 2.05) is 30.3 Å². The molecule has 0 spiro atoms. The summed E-state index contributed by atoms with van der Waals surface area (Å²) in [4.78, 5) is 4.35. The Hall–Kier alpha value is -1.60. The first-order valence-electron chi connectivity index (χ1n) is 6.99. The summed E-state index contributed by atoms with van der Waals surface area (Å²) in [6.07, 6.45) is -1.62. The highest BCUT2D eigenvalue weighted by Gasteiger charge is 2.38. The summed E-state index contributed by atoms with van der Waals surface area (Å²) in [5.74, 6) is 0.845. The Kier molecular flexibility index (Phi) is 4.63. The fraction of sp³-hybridized carbons (Fsp3) is 0.312. The molecule has 3 rings (SSSR count). The van der Waals surface area contributed by atoms with E-state index in [2.05, 4.69) is 4.98 Å². The summed E-state index contributed by atoms with van der Waals surface area (Å²) in [6.45, 7) is 0. The monoisotopic (exact) mass is 319 g/mol. The number of ether oxygens (including phenoxy) is 1. The van der Waals surface area contributed by atoms with Crippen LogP contribution in [0.3, 0.4) is 0 Å². The van der Waals surface area contributed by atoms with Gasteiger partial charge in [0, 0.05) is 17.5 Å². The Morgan fingerprint density at radius 2 is 1.77 bits per heavy atom. The van der Waals surface area contributed by atoms with Crippen molar-refractivity contribution >= 4 is 11.8 Å². The first-order valence-corrected chi connectivity index (χ1v) is 8.04. The first-order chi connectivity index (χ1) is 10.7. The quantitative estimate of drug-likeness (QED) is 0.791. The number of hydrogen-bond donors (Lipinski definition) is 3. The molecule has 1 aromatic heterocycles. The fourth-order valence-electron chi connectivity index (χ4n) is 2.31. The molecule has 1 fully saturated rings. The number of nitrogens with zero attached hydrogens (tertiary/aromatic N) is 1. The van der Waals surface area contributed by atoms with E-state index in [1.165, 1.54) is 11.8 Å². The van der Waals surface area contributed by atoms with Gasteiger partial charge in [-0.15, -0.1) is 11.8 Å². The number of rotatable bonds is 3. The molecule has 0 bridgehead atoms. The van der Waals surface area contributed by atoms with Gasteiger partial charge in [-0.3, -0.25) is 4.98 Å². The molecule has 0 amide bonds. The molecular formula is C16H17NO4S. The van der Waals surface area contributed by atoms with Gasteiger partial charge in [-0.2, -0.15) is 0 Å². The molecule has 4 atom stereocenters. The number of aromatic nitrogens is 1.